The van der Waals surface area contributed by atoms with Crippen LogP contribution in [0.2, 0.25) is 0 Å². The minimum atomic E-state index is 0.652. The third-order valence-corrected chi connectivity index (χ3v) is 2.55. The SMILES string of the molecule is NCCCCc1cccc2c1OCCO2. The van der Waals surface area contributed by atoms with E-state index in [9.17, 15) is 0 Å². The van der Waals surface area contributed by atoms with Crippen LogP contribution < -0.4 is 15.2 Å². The zero-order valence-electron chi connectivity index (χ0n) is 8.87. The second-order valence-electron chi connectivity index (χ2n) is 3.69. The molecule has 1 heterocycles. The first kappa shape index (κ1) is 10.3. The van der Waals surface area contributed by atoms with Crippen molar-refractivity contribution in [3.8, 4) is 11.5 Å². The number of para-hydroxylation sites is 1. The van der Waals surface area contributed by atoms with Crippen molar-refractivity contribution in [1.82, 2.24) is 0 Å². The lowest BCUT2D eigenvalue weighted by molar-refractivity contribution is 0.170. The number of ether oxygens (including phenoxy) is 2. The van der Waals surface area contributed by atoms with E-state index in [-0.39, 0.29) is 0 Å². The predicted molar refractivity (Wildman–Crippen MR) is 59.4 cm³/mol. The largest absolute Gasteiger partial charge is 0.486 e. The summed E-state index contributed by atoms with van der Waals surface area (Å²) >= 11 is 0. The Kier molecular flexibility index (Phi) is 3.45. The average molecular weight is 207 g/mol. The molecule has 1 aliphatic heterocycles. The molecule has 1 aliphatic rings. The summed E-state index contributed by atoms with van der Waals surface area (Å²) in [5.41, 5.74) is 6.71. The Morgan fingerprint density at radius 1 is 1.13 bits per heavy atom. The van der Waals surface area contributed by atoms with Gasteiger partial charge in [0.1, 0.15) is 13.2 Å². The minimum Gasteiger partial charge on any atom is -0.486 e. The van der Waals surface area contributed by atoms with Gasteiger partial charge in [-0.1, -0.05) is 12.1 Å². The van der Waals surface area contributed by atoms with E-state index in [1.54, 1.807) is 0 Å². The maximum Gasteiger partial charge on any atom is 0.164 e. The van der Waals surface area contributed by atoms with E-state index in [0.717, 1.165) is 37.3 Å². The standard InChI is InChI=1S/C12H17NO2/c13-7-2-1-4-10-5-3-6-11-12(10)15-9-8-14-11/h3,5-6H,1-2,4,7-9,13H2. The Morgan fingerprint density at radius 2 is 2.00 bits per heavy atom. The van der Waals surface area contributed by atoms with Crippen molar-refractivity contribution in [2.24, 2.45) is 5.73 Å². The Morgan fingerprint density at radius 3 is 2.87 bits per heavy atom. The fourth-order valence-electron chi connectivity index (χ4n) is 1.79. The Labute approximate surface area is 90.2 Å². The summed E-state index contributed by atoms with van der Waals surface area (Å²) in [6.07, 6.45) is 3.19. The van der Waals surface area contributed by atoms with Gasteiger partial charge in [0.25, 0.3) is 0 Å². The Hall–Kier alpha value is -1.22. The van der Waals surface area contributed by atoms with Gasteiger partial charge in [-0.05, 0) is 37.4 Å². The lowest BCUT2D eigenvalue weighted by atomic mass is 10.1. The van der Waals surface area contributed by atoms with Gasteiger partial charge in [0, 0.05) is 0 Å². The summed E-state index contributed by atoms with van der Waals surface area (Å²) in [6.45, 7) is 2.06. The van der Waals surface area contributed by atoms with E-state index in [0.29, 0.717) is 13.2 Å². The highest BCUT2D eigenvalue weighted by Crippen LogP contribution is 2.34. The van der Waals surface area contributed by atoms with Crippen LogP contribution in [0, 0.1) is 0 Å². The highest BCUT2D eigenvalue weighted by atomic mass is 16.6. The number of fused-ring (bicyclic) bond motifs is 1. The topological polar surface area (TPSA) is 44.5 Å². The highest BCUT2D eigenvalue weighted by Gasteiger charge is 2.14. The quantitative estimate of drug-likeness (QED) is 0.765. The van der Waals surface area contributed by atoms with Gasteiger partial charge in [-0.3, -0.25) is 0 Å². The molecule has 82 valence electrons. The Balaban J connectivity index is 2.09. The van der Waals surface area contributed by atoms with Crippen LogP contribution in [0.1, 0.15) is 18.4 Å². The van der Waals surface area contributed by atoms with Gasteiger partial charge in [-0.15, -0.1) is 0 Å². The number of aryl methyl sites for hydroxylation is 1. The van der Waals surface area contributed by atoms with Gasteiger partial charge in [0.05, 0.1) is 0 Å². The Bertz CT molecular complexity index is 325. The molecule has 3 nitrogen and oxygen atoms in total. The van der Waals surface area contributed by atoms with E-state index in [1.165, 1.54) is 5.56 Å². The molecule has 3 heteroatoms. The van der Waals surface area contributed by atoms with Gasteiger partial charge >= 0.3 is 0 Å². The van der Waals surface area contributed by atoms with Gasteiger partial charge in [0.15, 0.2) is 11.5 Å². The first-order chi connectivity index (χ1) is 7.42. The van der Waals surface area contributed by atoms with Crippen molar-refractivity contribution in [2.45, 2.75) is 19.3 Å². The molecule has 0 aliphatic carbocycles. The molecule has 0 radical (unpaired) electrons. The highest BCUT2D eigenvalue weighted by molar-refractivity contribution is 5.47. The molecule has 0 unspecified atom stereocenters. The second kappa shape index (κ2) is 5.03. The van der Waals surface area contributed by atoms with Crippen molar-refractivity contribution < 1.29 is 9.47 Å². The molecule has 0 amide bonds. The van der Waals surface area contributed by atoms with E-state index in [1.807, 2.05) is 12.1 Å². The van der Waals surface area contributed by atoms with Crippen molar-refractivity contribution in [2.75, 3.05) is 19.8 Å². The third kappa shape index (κ3) is 2.42. The molecule has 0 aromatic heterocycles. The maximum absolute atomic E-state index is 5.63. The molecule has 2 rings (SSSR count). The third-order valence-electron chi connectivity index (χ3n) is 2.55. The van der Waals surface area contributed by atoms with Crippen LogP contribution in [0.3, 0.4) is 0 Å². The van der Waals surface area contributed by atoms with Crippen LogP contribution in [-0.2, 0) is 6.42 Å². The molecule has 0 fully saturated rings. The second-order valence-corrected chi connectivity index (χ2v) is 3.69. The first-order valence-corrected chi connectivity index (χ1v) is 5.49. The van der Waals surface area contributed by atoms with Crippen molar-refractivity contribution >= 4 is 0 Å². The minimum absolute atomic E-state index is 0.652. The smallest absolute Gasteiger partial charge is 0.164 e. The fraction of sp³-hybridized carbons (Fsp3) is 0.500. The zero-order valence-corrected chi connectivity index (χ0v) is 8.87. The van der Waals surface area contributed by atoms with Crippen LogP contribution in [-0.4, -0.2) is 19.8 Å². The number of benzene rings is 1. The molecule has 0 atom stereocenters. The van der Waals surface area contributed by atoms with E-state index >= 15 is 0 Å². The summed E-state index contributed by atoms with van der Waals surface area (Å²) in [5, 5.41) is 0. The summed E-state index contributed by atoms with van der Waals surface area (Å²) < 4.78 is 11.1. The summed E-state index contributed by atoms with van der Waals surface area (Å²) in [4.78, 5) is 0. The number of nitrogens with two attached hydrogens (primary N) is 1. The number of rotatable bonds is 4. The average Bonchev–Trinajstić information content (AvgIpc) is 2.30. The molecule has 0 spiro atoms. The molecule has 0 saturated carbocycles. The molecule has 0 bridgehead atoms. The van der Waals surface area contributed by atoms with Crippen LogP contribution in [0.4, 0.5) is 0 Å². The number of hydrogen-bond donors (Lipinski definition) is 1. The summed E-state index contributed by atoms with van der Waals surface area (Å²) in [5.74, 6) is 1.81. The van der Waals surface area contributed by atoms with E-state index < -0.39 is 0 Å². The molecular weight excluding hydrogens is 190 g/mol. The monoisotopic (exact) mass is 207 g/mol. The fourth-order valence-corrected chi connectivity index (χ4v) is 1.79. The van der Waals surface area contributed by atoms with Crippen molar-refractivity contribution in [3.63, 3.8) is 0 Å². The summed E-state index contributed by atoms with van der Waals surface area (Å²) in [7, 11) is 0. The van der Waals surface area contributed by atoms with Crippen LogP contribution in [0.25, 0.3) is 0 Å². The van der Waals surface area contributed by atoms with Gasteiger partial charge < -0.3 is 15.2 Å². The molecule has 2 N–H and O–H groups in total. The van der Waals surface area contributed by atoms with Gasteiger partial charge in [-0.2, -0.15) is 0 Å². The normalized spacial score (nSPS) is 13.9. The van der Waals surface area contributed by atoms with Crippen molar-refractivity contribution in [3.05, 3.63) is 23.8 Å². The van der Waals surface area contributed by atoms with Gasteiger partial charge in [-0.25, -0.2) is 0 Å². The van der Waals surface area contributed by atoms with Crippen LogP contribution in [0.5, 0.6) is 11.5 Å². The number of hydrogen-bond acceptors (Lipinski definition) is 3. The molecular formula is C12H17NO2. The van der Waals surface area contributed by atoms with E-state index in [4.69, 9.17) is 15.2 Å². The van der Waals surface area contributed by atoms with Crippen LogP contribution >= 0.6 is 0 Å². The van der Waals surface area contributed by atoms with Crippen LogP contribution in [0.15, 0.2) is 18.2 Å². The van der Waals surface area contributed by atoms with Gasteiger partial charge in [0.2, 0.25) is 0 Å². The lowest BCUT2D eigenvalue weighted by Gasteiger charge is -2.20. The number of unbranched alkanes of at least 4 members (excludes halogenated alkanes) is 1. The molecule has 0 saturated heterocycles. The van der Waals surface area contributed by atoms with Crippen molar-refractivity contribution in [1.29, 1.82) is 0 Å². The summed E-state index contributed by atoms with van der Waals surface area (Å²) in [6, 6.07) is 6.08. The molecule has 1 aromatic rings. The molecule has 1 aromatic carbocycles. The lowest BCUT2D eigenvalue weighted by Crippen LogP contribution is -2.16. The molecule has 15 heavy (non-hydrogen) atoms. The maximum atomic E-state index is 5.63. The first-order valence-electron chi connectivity index (χ1n) is 5.49. The zero-order chi connectivity index (χ0) is 10.5. The predicted octanol–water partition coefficient (Wildman–Crippen LogP) is 1.74. The van der Waals surface area contributed by atoms with E-state index in [2.05, 4.69) is 6.07 Å².